The minimum Gasteiger partial charge on any atom is -0.337 e. The van der Waals surface area contributed by atoms with Gasteiger partial charge in [0.1, 0.15) is 0 Å². The normalized spacial score (nSPS) is 17.9. The summed E-state index contributed by atoms with van der Waals surface area (Å²) in [7, 11) is 2.08. The molecule has 0 bridgehead atoms. The van der Waals surface area contributed by atoms with Crippen molar-refractivity contribution in [3.8, 4) is 0 Å². The molecule has 1 saturated heterocycles. The molecule has 0 aromatic carbocycles. The van der Waals surface area contributed by atoms with E-state index in [1.807, 2.05) is 4.90 Å². The highest BCUT2D eigenvalue weighted by atomic mass is 16.2. The Morgan fingerprint density at radius 3 is 2.53 bits per heavy atom. The molecule has 0 aromatic heterocycles. The number of nitrogens with one attached hydrogen (secondary N) is 1. The molecular weight excluding hydrogens is 214 g/mol. The molecule has 0 saturated carbocycles. The highest BCUT2D eigenvalue weighted by Crippen LogP contribution is 2.15. The molecule has 17 heavy (non-hydrogen) atoms. The molecule has 1 fully saturated rings. The molecule has 0 aromatic rings. The van der Waals surface area contributed by atoms with Crippen LogP contribution < -0.4 is 5.32 Å². The number of hydrogen-bond donors (Lipinski definition) is 1. The monoisotopic (exact) mass is 241 g/mol. The first-order valence-corrected chi connectivity index (χ1v) is 6.73. The maximum absolute atomic E-state index is 11.9. The smallest absolute Gasteiger partial charge is 0.317 e. The summed E-state index contributed by atoms with van der Waals surface area (Å²) in [6.07, 6.45) is 2.28. The standard InChI is InChI=1S/C13H27N3O/c1-11(2)15(4)10-7-14-13(17)16-8-5-12(3)6-9-16/h11-12H,5-10H2,1-4H3,(H,14,17). The van der Waals surface area contributed by atoms with Gasteiger partial charge in [-0.05, 0) is 39.7 Å². The molecule has 0 atom stereocenters. The summed E-state index contributed by atoms with van der Waals surface area (Å²) in [5.41, 5.74) is 0. The van der Waals surface area contributed by atoms with Gasteiger partial charge in [0.05, 0.1) is 0 Å². The van der Waals surface area contributed by atoms with Crippen LogP contribution in [-0.4, -0.2) is 55.1 Å². The third kappa shape index (κ3) is 4.94. The van der Waals surface area contributed by atoms with E-state index in [1.165, 1.54) is 0 Å². The Morgan fingerprint density at radius 1 is 1.41 bits per heavy atom. The number of nitrogens with zero attached hydrogens (tertiary/aromatic N) is 2. The second-order valence-electron chi connectivity index (χ2n) is 5.48. The zero-order valence-corrected chi connectivity index (χ0v) is 11.7. The molecule has 1 rings (SSSR count). The Balaban J connectivity index is 2.17. The van der Waals surface area contributed by atoms with Gasteiger partial charge >= 0.3 is 6.03 Å². The van der Waals surface area contributed by atoms with E-state index >= 15 is 0 Å². The van der Waals surface area contributed by atoms with Crippen molar-refractivity contribution in [1.29, 1.82) is 0 Å². The van der Waals surface area contributed by atoms with Crippen LogP contribution in [0.15, 0.2) is 0 Å². The van der Waals surface area contributed by atoms with Gasteiger partial charge in [-0.3, -0.25) is 0 Å². The lowest BCUT2D eigenvalue weighted by atomic mass is 10.00. The maximum Gasteiger partial charge on any atom is 0.317 e. The van der Waals surface area contributed by atoms with Crippen LogP contribution in [-0.2, 0) is 0 Å². The van der Waals surface area contributed by atoms with Gasteiger partial charge in [0.25, 0.3) is 0 Å². The predicted octanol–water partition coefficient (Wildman–Crippen LogP) is 1.77. The van der Waals surface area contributed by atoms with Crippen LogP contribution in [0.4, 0.5) is 4.79 Å². The Bertz CT molecular complexity index is 235. The van der Waals surface area contributed by atoms with E-state index in [0.717, 1.165) is 44.9 Å². The van der Waals surface area contributed by atoms with Gasteiger partial charge < -0.3 is 15.1 Å². The van der Waals surface area contributed by atoms with Gasteiger partial charge in [0.2, 0.25) is 0 Å². The highest BCUT2D eigenvalue weighted by Gasteiger charge is 2.19. The van der Waals surface area contributed by atoms with Gasteiger partial charge in [-0.2, -0.15) is 0 Å². The van der Waals surface area contributed by atoms with Crippen LogP contribution in [0.3, 0.4) is 0 Å². The number of rotatable bonds is 4. The van der Waals surface area contributed by atoms with Crippen molar-refractivity contribution in [1.82, 2.24) is 15.1 Å². The molecule has 1 aliphatic heterocycles. The number of likely N-dealkylation sites (tertiary alicyclic amines) is 1. The topological polar surface area (TPSA) is 35.6 Å². The Labute approximate surface area is 105 Å². The molecule has 4 nitrogen and oxygen atoms in total. The number of amides is 2. The van der Waals surface area contributed by atoms with Crippen LogP contribution in [0.1, 0.15) is 33.6 Å². The summed E-state index contributed by atoms with van der Waals surface area (Å²) in [4.78, 5) is 16.0. The number of carbonyl (C=O) groups is 1. The molecule has 0 aliphatic carbocycles. The van der Waals surface area contributed by atoms with E-state index in [2.05, 4.69) is 38.0 Å². The van der Waals surface area contributed by atoms with Gasteiger partial charge in [-0.15, -0.1) is 0 Å². The number of hydrogen-bond acceptors (Lipinski definition) is 2. The fourth-order valence-electron chi connectivity index (χ4n) is 1.92. The van der Waals surface area contributed by atoms with Crippen LogP contribution in [0.25, 0.3) is 0 Å². The maximum atomic E-state index is 11.9. The lowest BCUT2D eigenvalue weighted by Gasteiger charge is -2.30. The van der Waals surface area contributed by atoms with E-state index in [4.69, 9.17) is 0 Å². The molecule has 1 heterocycles. The van der Waals surface area contributed by atoms with Crippen molar-refractivity contribution < 1.29 is 4.79 Å². The summed E-state index contributed by atoms with van der Waals surface area (Å²) in [5, 5.41) is 3.00. The average Bonchev–Trinajstić information content (AvgIpc) is 2.29. The SMILES string of the molecule is CC1CCN(C(=O)NCCN(C)C(C)C)CC1. The fourth-order valence-corrected chi connectivity index (χ4v) is 1.92. The number of carbonyl (C=O) groups excluding carboxylic acids is 1. The molecule has 1 N–H and O–H groups in total. The summed E-state index contributed by atoms with van der Waals surface area (Å²) >= 11 is 0. The third-order valence-electron chi connectivity index (χ3n) is 3.69. The molecule has 0 unspecified atom stereocenters. The number of urea groups is 1. The van der Waals surface area contributed by atoms with Crippen molar-refractivity contribution in [2.75, 3.05) is 33.2 Å². The van der Waals surface area contributed by atoms with Gasteiger partial charge in [0.15, 0.2) is 0 Å². The molecule has 1 aliphatic rings. The van der Waals surface area contributed by atoms with Crippen molar-refractivity contribution >= 4 is 6.03 Å². The molecule has 100 valence electrons. The first-order chi connectivity index (χ1) is 8.00. The second-order valence-corrected chi connectivity index (χ2v) is 5.48. The molecule has 4 heteroatoms. The van der Waals surface area contributed by atoms with Crippen molar-refractivity contribution in [3.05, 3.63) is 0 Å². The molecular formula is C13H27N3O. The largest absolute Gasteiger partial charge is 0.337 e. The van der Waals surface area contributed by atoms with Gasteiger partial charge in [-0.1, -0.05) is 6.92 Å². The molecule has 2 amide bonds. The lowest BCUT2D eigenvalue weighted by molar-refractivity contribution is 0.172. The first kappa shape index (κ1) is 14.3. The molecule has 0 spiro atoms. The first-order valence-electron chi connectivity index (χ1n) is 6.73. The number of likely N-dealkylation sites (N-methyl/N-ethyl adjacent to an activating group) is 1. The van der Waals surface area contributed by atoms with E-state index in [-0.39, 0.29) is 6.03 Å². The summed E-state index contributed by atoms with van der Waals surface area (Å²) < 4.78 is 0. The van der Waals surface area contributed by atoms with E-state index < -0.39 is 0 Å². The van der Waals surface area contributed by atoms with Gasteiger partial charge in [0, 0.05) is 32.2 Å². The second kappa shape index (κ2) is 6.84. The lowest BCUT2D eigenvalue weighted by Crippen LogP contribution is -2.46. The minimum absolute atomic E-state index is 0.106. The van der Waals surface area contributed by atoms with E-state index in [0.29, 0.717) is 6.04 Å². The van der Waals surface area contributed by atoms with Crippen molar-refractivity contribution in [3.63, 3.8) is 0 Å². The predicted molar refractivity (Wildman–Crippen MR) is 71.1 cm³/mol. The minimum atomic E-state index is 0.106. The van der Waals surface area contributed by atoms with E-state index in [9.17, 15) is 4.79 Å². The Kier molecular flexibility index (Phi) is 5.75. The summed E-state index contributed by atoms with van der Waals surface area (Å²) in [5.74, 6) is 0.770. The zero-order chi connectivity index (χ0) is 12.8. The van der Waals surface area contributed by atoms with E-state index in [1.54, 1.807) is 0 Å². The number of piperidine rings is 1. The Hall–Kier alpha value is -0.770. The van der Waals surface area contributed by atoms with Crippen molar-refractivity contribution in [2.24, 2.45) is 5.92 Å². The van der Waals surface area contributed by atoms with Crippen LogP contribution in [0, 0.1) is 5.92 Å². The zero-order valence-electron chi connectivity index (χ0n) is 11.7. The summed E-state index contributed by atoms with van der Waals surface area (Å²) in [6, 6.07) is 0.636. The van der Waals surface area contributed by atoms with Crippen LogP contribution in [0.5, 0.6) is 0 Å². The van der Waals surface area contributed by atoms with Gasteiger partial charge in [-0.25, -0.2) is 4.79 Å². The summed E-state index contributed by atoms with van der Waals surface area (Å²) in [6.45, 7) is 10.0. The van der Waals surface area contributed by atoms with Crippen LogP contribution >= 0.6 is 0 Å². The average molecular weight is 241 g/mol. The highest BCUT2D eigenvalue weighted by molar-refractivity contribution is 5.74. The van der Waals surface area contributed by atoms with Crippen LogP contribution in [0.2, 0.25) is 0 Å². The fraction of sp³-hybridized carbons (Fsp3) is 0.923. The van der Waals surface area contributed by atoms with Crippen molar-refractivity contribution in [2.45, 2.75) is 39.7 Å². The molecule has 0 radical (unpaired) electrons. The Morgan fingerprint density at radius 2 is 2.00 bits per heavy atom. The third-order valence-corrected chi connectivity index (χ3v) is 3.69. The quantitative estimate of drug-likeness (QED) is 0.814.